The van der Waals surface area contributed by atoms with Crippen LogP contribution in [-0.2, 0) is 0 Å². The van der Waals surface area contributed by atoms with Crippen LogP contribution in [0.4, 0.5) is 10.5 Å². The minimum absolute atomic E-state index is 0.0859. The molecule has 0 atom stereocenters. The lowest BCUT2D eigenvalue weighted by molar-refractivity contribution is 0.250. The number of anilines is 1. The Hall–Kier alpha value is -2.67. The van der Waals surface area contributed by atoms with Crippen molar-refractivity contribution in [3.8, 4) is 22.2 Å². The molecule has 0 fully saturated rings. The topological polar surface area (TPSA) is 80.0 Å². The van der Waals surface area contributed by atoms with Gasteiger partial charge in [-0.2, -0.15) is 4.98 Å². The highest BCUT2D eigenvalue weighted by atomic mass is 32.1. The van der Waals surface area contributed by atoms with Gasteiger partial charge in [0, 0.05) is 17.3 Å². The molecule has 0 aliphatic carbocycles. The number of urea groups is 1. The molecule has 0 unspecified atom stereocenters. The Bertz CT molecular complexity index is 836. The van der Waals surface area contributed by atoms with Crippen LogP contribution in [0, 0.1) is 6.92 Å². The van der Waals surface area contributed by atoms with Crippen LogP contribution >= 0.6 is 11.3 Å². The summed E-state index contributed by atoms with van der Waals surface area (Å²) in [6.45, 7) is 5.83. The van der Waals surface area contributed by atoms with Gasteiger partial charge < -0.3 is 15.2 Å². The van der Waals surface area contributed by atoms with Crippen LogP contribution in [0.1, 0.15) is 19.4 Å². The number of thiophene rings is 1. The minimum Gasteiger partial charge on any atom is -0.336 e. The first-order chi connectivity index (χ1) is 11.5. The molecule has 3 rings (SSSR count). The Morgan fingerprint density at radius 3 is 2.58 bits per heavy atom. The average Bonchev–Trinajstić information content (AvgIpc) is 3.15. The molecule has 0 saturated carbocycles. The Morgan fingerprint density at radius 2 is 1.96 bits per heavy atom. The first-order valence-corrected chi connectivity index (χ1v) is 8.47. The Balaban J connectivity index is 1.73. The van der Waals surface area contributed by atoms with Crippen molar-refractivity contribution in [1.29, 1.82) is 0 Å². The molecule has 0 saturated heterocycles. The molecular weight excluding hydrogens is 324 g/mol. The molecule has 0 radical (unpaired) electrons. The second-order valence-electron chi connectivity index (χ2n) is 5.69. The summed E-state index contributed by atoms with van der Waals surface area (Å²) in [5.74, 6) is 1.05. The lowest BCUT2D eigenvalue weighted by Gasteiger charge is -2.10. The zero-order valence-electron chi connectivity index (χ0n) is 13.7. The van der Waals surface area contributed by atoms with E-state index in [1.54, 1.807) is 11.3 Å². The van der Waals surface area contributed by atoms with Crippen molar-refractivity contribution >= 4 is 23.1 Å². The lowest BCUT2D eigenvalue weighted by atomic mass is 10.2. The summed E-state index contributed by atoms with van der Waals surface area (Å²) in [4.78, 5) is 17.1. The Kier molecular flexibility index (Phi) is 4.61. The predicted molar refractivity (Wildman–Crippen MR) is 95.1 cm³/mol. The average molecular weight is 342 g/mol. The minimum atomic E-state index is -0.229. The number of hydrogen-bond donors (Lipinski definition) is 2. The maximum Gasteiger partial charge on any atom is 0.319 e. The molecule has 2 amide bonds. The fraction of sp³-hybridized carbons (Fsp3) is 0.235. The Labute approximate surface area is 143 Å². The number of carbonyl (C=O) groups excluding carboxylic acids is 1. The third-order valence-electron chi connectivity index (χ3n) is 3.30. The van der Waals surface area contributed by atoms with Gasteiger partial charge in [0.2, 0.25) is 5.82 Å². The molecule has 3 aromatic rings. The molecule has 7 heteroatoms. The van der Waals surface area contributed by atoms with E-state index >= 15 is 0 Å². The van der Waals surface area contributed by atoms with Crippen molar-refractivity contribution in [2.75, 3.05) is 5.32 Å². The van der Waals surface area contributed by atoms with Crippen LogP contribution in [0.5, 0.6) is 0 Å². The summed E-state index contributed by atoms with van der Waals surface area (Å²) in [6, 6.07) is 9.19. The SMILES string of the molecule is Cc1ccsc1-c1nc(-c2ccc(NC(=O)NC(C)C)cc2)no1. The molecule has 124 valence electrons. The van der Waals surface area contributed by atoms with Gasteiger partial charge in [0.05, 0.1) is 4.88 Å². The van der Waals surface area contributed by atoms with Gasteiger partial charge >= 0.3 is 6.03 Å². The number of carbonyl (C=O) groups is 1. The molecule has 0 bridgehead atoms. The standard InChI is InChI=1S/C17H18N4O2S/c1-10(2)18-17(22)19-13-6-4-12(5-7-13)15-20-16(23-21-15)14-11(3)8-9-24-14/h4-10H,1-3H3,(H2,18,19,22). The summed E-state index contributed by atoms with van der Waals surface area (Å²) >= 11 is 1.57. The number of hydrogen-bond acceptors (Lipinski definition) is 5. The summed E-state index contributed by atoms with van der Waals surface area (Å²) in [5, 5.41) is 11.6. The number of aromatic nitrogens is 2. The predicted octanol–water partition coefficient (Wildman–Crippen LogP) is 4.30. The second kappa shape index (κ2) is 6.84. The van der Waals surface area contributed by atoms with Crippen molar-refractivity contribution in [2.45, 2.75) is 26.8 Å². The fourth-order valence-corrected chi connectivity index (χ4v) is 3.00. The van der Waals surface area contributed by atoms with Gasteiger partial charge in [-0.3, -0.25) is 0 Å². The van der Waals surface area contributed by atoms with Crippen molar-refractivity contribution in [3.05, 3.63) is 41.3 Å². The second-order valence-corrected chi connectivity index (χ2v) is 6.60. The lowest BCUT2D eigenvalue weighted by Crippen LogP contribution is -2.34. The van der Waals surface area contributed by atoms with Gasteiger partial charge in [-0.25, -0.2) is 4.79 Å². The number of aryl methyl sites for hydroxylation is 1. The smallest absolute Gasteiger partial charge is 0.319 e. The van der Waals surface area contributed by atoms with Crippen LogP contribution in [0.15, 0.2) is 40.2 Å². The van der Waals surface area contributed by atoms with Gasteiger partial charge in [-0.15, -0.1) is 11.3 Å². The van der Waals surface area contributed by atoms with Crippen molar-refractivity contribution in [2.24, 2.45) is 0 Å². The van der Waals surface area contributed by atoms with Crippen molar-refractivity contribution < 1.29 is 9.32 Å². The van der Waals surface area contributed by atoms with Crippen LogP contribution in [-0.4, -0.2) is 22.2 Å². The summed E-state index contributed by atoms with van der Waals surface area (Å²) in [7, 11) is 0. The zero-order chi connectivity index (χ0) is 17.1. The van der Waals surface area contributed by atoms with Gasteiger partial charge in [0.25, 0.3) is 5.89 Å². The highest BCUT2D eigenvalue weighted by Crippen LogP contribution is 2.29. The van der Waals surface area contributed by atoms with E-state index in [0.717, 1.165) is 16.0 Å². The number of nitrogens with zero attached hydrogens (tertiary/aromatic N) is 2. The highest BCUT2D eigenvalue weighted by molar-refractivity contribution is 7.13. The van der Waals surface area contributed by atoms with E-state index in [-0.39, 0.29) is 12.1 Å². The van der Waals surface area contributed by atoms with E-state index in [9.17, 15) is 4.79 Å². The fourth-order valence-electron chi connectivity index (χ4n) is 2.16. The molecule has 0 aliphatic rings. The van der Waals surface area contributed by atoms with Crippen LogP contribution < -0.4 is 10.6 Å². The van der Waals surface area contributed by atoms with E-state index in [0.29, 0.717) is 17.4 Å². The summed E-state index contributed by atoms with van der Waals surface area (Å²) < 4.78 is 5.35. The van der Waals surface area contributed by atoms with Crippen LogP contribution in [0.2, 0.25) is 0 Å². The number of benzene rings is 1. The van der Waals surface area contributed by atoms with Crippen LogP contribution in [0.25, 0.3) is 22.2 Å². The molecule has 24 heavy (non-hydrogen) atoms. The van der Waals surface area contributed by atoms with E-state index in [1.165, 1.54) is 0 Å². The molecule has 6 nitrogen and oxygen atoms in total. The number of amides is 2. The maximum absolute atomic E-state index is 11.7. The largest absolute Gasteiger partial charge is 0.336 e. The normalized spacial score (nSPS) is 10.8. The molecule has 0 spiro atoms. The Morgan fingerprint density at radius 1 is 1.21 bits per heavy atom. The van der Waals surface area contributed by atoms with Gasteiger partial charge in [0.15, 0.2) is 0 Å². The monoisotopic (exact) mass is 342 g/mol. The molecule has 2 N–H and O–H groups in total. The van der Waals surface area contributed by atoms with Gasteiger partial charge in [-0.1, -0.05) is 5.16 Å². The van der Waals surface area contributed by atoms with Crippen LogP contribution in [0.3, 0.4) is 0 Å². The van der Waals surface area contributed by atoms with Crippen molar-refractivity contribution in [1.82, 2.24) is 15.5 Å². The van der Waals surface area contributed by atoms with Gasteiger partial charge in [0.1, 0.15) is 0 Å². The number of rotatable bonds is 4. The molecule has 0 aliphatic heterocycles. The van der Waals surface area contributed by atoms with E-state index in [4.69, 9.17) is 4.52 Å². The third-order valence-corrected chi connectivity index (χ3v) is 4.31. The first kappa shape index (κ1) is 16.2. The molecule has 2 aromatic heterocycles. The van der Waals surface area contributed by atoms with Gasteiger partial charge in [-0.05, 0) is 62.0 Å². The van der Waals surface area contributed by atoms with Crippen molar-refractivity contribution in [3.63, 3.8) is 0 Å². The number of nitrogens with one attached hydrogen (secondary N) is 2. The van der Waals surface area contributed by atoms with E-state index in [2.05, 4.69) is 20.8 Å². The first-order valence-electron chi connectivity index (χ1n) is 7.59. The van der Waals surface area contributed by atoms with E-state index < -0.39 is 0 Å². The summed E-state index contributed by atoms with van der Waals surface area (Å²) in [5.41, 5.74) is 2.65. The summed E-state index contributed by atoms with van der Waals surface area (Å²) in [6.07, 6.45) is 0. The zero-order valence-corrected chi connectivity index (χ0v) is 14.5. The molecule has 2 heterocycles. The maximum atomic E-state index is 11.7. The van der Waals surface area contributed by atoms with E-state index in [1.807, 2.05) is 56.5 Å². The quantitative estimate of drug-likeness (QED) is 0.740. The highest BCUT2D eigenvalue weighted by Gasteiger charge is 2.13. The molecule has 1 aromatic carbocycles. The third kappa shape index (κ3) is 3.62. The molecular formula is C17H18N4O2S.